The van der Waals surface area contributed by atoms with E-state index in [0.717, 1.165) is 12.1 Å². The Morgan fingerprint density at radius 2 is 1.76 bits per heavy atom. The first-order valence-corrected chi connectivity index (χ1v) is 7.63. The van der Waals surface area contributed by atoms with Crippen LogP contribution in [0.25, 0.3) is 11.0 Å². The standard InChI is InChI=1S/C16H23N3O2/c1-3-4-5-6-7-11(2)17-12-8-9-13-14(10-12)19-16(21)15(20)18-13/h8-11,17H,3-7H2,1-2H3,(H,18,20)(H,19,21). The fourth-order valence-electron chi connectivity index (χ4n) is 2.44. The van der Waals surface area contributed by atoms with E-state index in [1.165, 1.54) is 25.7 Å². The third kappa shape index (κ3) is 4.21. The van der Waals surface area contributed by atoms with Gasteiger partial charge in [-0.2, -0.15) is 0 Å². The highest BCUT2D eigenvalue weighted by Crippen LogP contribution is 2.16. The van der Waals surface area contributed by atoms with Gasteiger partial charge in [0.15, 0.2) is 0 Å². The van der Waals surface area contributed by atoms with Gasteiger partial charge < -0.3 is 15.3 Å². The molecule has 1 unspecified atom stereocenters. The largest absolute Gasteiger partial charge is 0.383 e. The Kier molecular flexibility index (Phi) is 5.20. The highest BCUT2D eigenvalue weighted by molar-refractivity contribution is 5.78. The second-order valence-electron chi connectivity index (χ2n) is 5.56. The second kappa shape index (κ2) is 7.11. The molecule has 2 aromatic rings. The van der Waals surface area contributed by atoms with Crippen molar-refractivity contribution in [1.29, 1.82) is 0 Å². The molecule has 0 saturated carbocycles. The van der Waals surface area contributed by atoms with Crippen LogP contribution in [-0.2, 0) is 0 Å². The number of aromatic nitrogens is 2. The number of H-pyrrole nitrogens is 2. The van der Waals surface area contributed by atoms with Gasteiger partial charge in [0.25, 0.3) is 0 Å². The Morgan fingerprint density at radius 1 is 1.05 bits per heavy atom. The first-order valence-electron chi connectivity index (χ1n) is 7.63. The number of aromatic amines is 2. The van der Waals surface area contributed by atoms with Gasteiger partial charge in [-0.25, -0.2) is 0 Å². The summed E-state index contributed by atoms with van der Waals surface area (Å²) in [5, 5.41) is 3.43. The monoisotopic (exact) mass is 289 g/mol. The highest BCUT2D eigenvalue weighted by Gasteiger charge is 2.04. The molecule has 1 atom stereocenters. The van der Waals surface area contributed by atoms with Gasteiger partial charge >= 0.3 is 11.1 Å². The van der Waals surface area contributed by atoms with Crippen molar-refractivity contribution in [3.8, 4) is 0 Å². The molecule has 3 N–H and O–H groups in total. The summed E-state index contributed by atoms with van der Waals surface area (Å²) >= 11 is 0. The number of unbranched alkanes of at least 4 members (excludes halogenated alkanes) is 3. The molecule has 0 amide bonds. The van der Waals surface area contributed by atoms with Crippen LogP contribution < -0.4 is 16.4 Å². The summed E-state index contributed by atoms with van der Waals surface area (Å²) in [5.74, 6) is 0. The third-order valence-corrected chi connectivity index (χ3v) is 3.63. The third-order valence-electron chi connectivity index (χ3n) is 3.63. The molecule has 0 fully saturated rings. The van der Waals surface area contributed by atoms with Crippen LogP contribution >= 0.6 is 0 Å². The van der Waals surface area contributed by atoms with Crippen LogP contribution in [0.2, 0.25) is 0 Å². The zero-order chi connectivity index (χ0) is 15.2. The normalized spacial score (nSPS) is 12.5. The molecule has 0 aliphatic heterocycles. The van der Waals surface area contributed by atoms with Gasteiger partial charge in [0.1, 0.15) is 0 Å². The fourth-order valence-corrected chi connectivity index (χ4v) is 2.44. The van der Waals surface area contributed by atoms with E-state index in [4.69, 9.17) is 0 Å². The molecule has 0 aliphatic rings. The molecule has 5 nitrogen and oxygen atoms in total. The van der Waals surface area contributed by atoms with Gasteiger partial charge in [-0.05, 0) is 31.5 Å². The number of anilines is 1. The Labute approximate surface area is 123 Å². The number of fused-ring (bicyclic) bond motifs is 1. The van der Waals surface area contributed by atoms with E-state index in [1.54, 1.807) is 6.07 Å². The average molecular weight is 289 g/mol. The van der Waals surface area contributed by atoms with Crippen molar-refractivity contribution in [3.05, 3.63) is 38.9 Å². The van der Waals surface area contributed by atoms with Crippen molar-refractivity contribution < 1.29 is 0 Å². The van der Waals surface area contributed by atoms with E-state index in [1.807, 2.05) is 12.1 Å². The maximum absolute atomic E-state index is 11.3. The molecule has 1 aromatic heterocycles. The lowest BCUT2D eigenvalue weighted by Gasteiger charge is -2.15. The minimum atomic E-state index is -0.618. The molecule has 0 aliphatic carbocycles. The first-order chi connectivity index (χ1) is 10.1. The molecule has 0 radical (unpaired) electrons. The predicted molar refractivity (Wildman–Crippen MR) is 87.0 cm³/mol. The zero-order valence-corrected chi connectivity index (χ0v) is 12.7. The SMILES string of the molecule is CCCCCCC(C)Nc1ccc2[nH]c(=O)c(=O)[nH]c2c1. The molecular weight excluding hydrogens is 266 g/mol. The van der Waals surface area contributed by atoms with Crippen LogP contribution in [0.5, 0.6) is 0 Å². The first kappa shape index (κ1) is 15.4. The number of hydrogen-bond donors (Lipinski definition) is 3. The molecule has 0 bridgehead atoms. The summed E-state index contributed by atoms with van der Waals surface area (Å²) in [5.41, 5.74) is 0.997. The molecule has 21 heavy (non-hydrogen) atoms. The van der Waals surface area contributed by atoms with Gasteiger partial charge in [-0.15, -0.1) is 0 Å². The number of nitrogens with one attached hydrogen (secondary N) is 3. The van der Waals surface area contributed by atoms with E-state index in [9.17, 15) is 9.59 Å². The Balaban J connectivity index is 2.03. The van der Waals surface area contributed by atoms with E-state index in [0.29, 0.717) is 17.1 Å². The van der Waals surface area contributed by atoms with E-state index in [-0.39, 0.29) is 0 Å². The van der Waals surface area contributed by atoms with Crippen LogP contribution in [0.4, 0.5) is 5.69 Å². The quantitative estimate of drug-likeness (QED) is 0.541. The van der Waals surface area contributed by atoms with Gasteiger partial charge in [0.05, 0.1) is 11.0 Å². The molecule has 114 valence electrons. The smallest absolute Gasteiger partial charge is 0.314 e. The molecule has 1 aromatic carbocycles. The summed E-state index contributed by atoms with van der Waals surface area (Å²) in [4.78, 5) is 27.8. The predicted octanol–water partition coefficient (Wildman–Crippen LogP) is 2.99. The van der Waals surface area contributed by atoms with Crippen molar-refractivity contribution in [3.63, 3.8) is 0 Å². The van der Waals surface area contributed by atoms with Gasteiger partial charge in [0, 0.05) is 11.7 Å². The fraction of sp³-hybridized carbons (Fsp3) is 0.500. The molecule has 5 heteroatoms. The van der Waals surface area contributed by atoms with Crippen LogP contribution in [0.3, 0.4) is 0 Å². The minimum absolute atomic E-state index is 0.383. The molecule has 1 heterocycles. The van der Waals surface area contributed by atoms with E-state index in [2.05, 4.69) is 29.1 Å². The topological polar surface area (TPSA) is 77.8 Å². The van der Waals surface area contributed by atoms with E-state index >= 15 is 0 Å². The molecular formula is C16H23N3O2. The lowest BCUT2D eigenvalue weighted by Crippen LogP contribution is -2.28. The summed E-state index contributed by atoms with van der Waals surface area (Å²) in [6.45, 7) is 4.37. The van der Waals surface area contributed by atoms with Gasteiger partial charge in [-0.3, -0.25) is 9.59 Å². The number of rotatable bonds is 7. The minimum Gasteiger partial charge on any atom is -0.383 e. The van der Waals surface area contributed by atoms with Crippen molar-refractivity contribution in [2.24, 2.45) is 0 Å². The van der Waals surface area contributed by atoms with Crippen molar-refractivity contribution >= 4 is 16.7 Å². The van der Waals surface area contributed by atoms with Crippen LogP contribution in [0.1, 0.15) is 46.0 Å². The lowest BCUT2D eigenvalue weighted by atomic mass is 10.1. The second-order valence-corrected chi connectivity index (χ2v) is 5.56. The maximum Gasteiger partial charge on any atom is 0.314 e. The number of benzene rings is 1. The summed E-state index contributed by atoms with van der Waals surface area (Å²) in [6, 6.07) is 5.96. The van der Waals surface area contributed by atoms with Crippen molar-refractivity contribution in [1.82, 2.24) is 9.97 Å². The highest BCUT2D eigenvalue weighted by atomic mass is 16.2. The van der Waals surface area contributed by atoms with Crippen molar-refractivity contribution in [2.45, 2.75) is 52.0 Å². The maximum atomic E-state index is 11.3. The summed E-state index contributed by atoms with van der Waals surface area (Å²) < 4.78 is 0. The Hall–Kier alpha value is -2.04. The van der Waals surface area contributed by atoms with Crippen molar-refractivity contribution in [2.75, 3.05) is 5.32 Å². The molecule has 0 saturated heterocycles. The van der Waals surface area contributed by atoms with Crippen LogP contribution in [0.15, 0.2) is 27.8 Å². The molecule has 0 spiro atoms. The van der Waals surface area contributed by atoms with Gasteiger partial charge in [-0.1, -0.05) is 32.6 Å². The van der Waals surface area contributed by atoms with E-state index < -0.39 is 11.1 Å². The van der Waals surface area contributed by atoms with Crippen LogP contribution in [-0.4, -0.2) is 16.0 Å². The Bertz CT molecular complexity index is 702. The lowest BCUT2D eigenvalue weighted by molar-refractivity contribution is 0.594. The molecule has 2 rings (SSSR count). The Morgan fingerprint density at radius 3 is 2.48 bits per heavy atom. The summed E-state index contributed by atoms with van der Waals surface area (Å²) in [6.07, 6.45) is 6.16. The zero-order valence-electron chi connectivity index (χ0n) is 12.7. The number of hydrogen-bond acceptors (Lipinski definition) is 3. The average Bonchev–Trinajstić information content (AvgIpc) is 2.45. The van der Waals surface area contributed by atoms with Gasteiger partial charge in [0.2, 0.25) is 0 Å². The van der Waals surface area contributed by atoms with Crippen LogP contribution in [0, 0.1) is 0 Å². The summed E-state index contributed by atoms with van der Waals surface area (Å²) in [7, 11) is 0.